The molecule has 0 radical (unpaired) electrons. The van der Waals surface area contributed by atoms with E-state index >= 15 is 0 Å². The number of aliphatic hydroxyl groups excluding tert-OH is 1. The first kappa shape index (κ1) is 28.9. The van der Waals surface area contributed by atoms with Crippen molar-refractivity contribution in [1.29, 1.82) is 0 Å². The van der Waals surface area contributed by atoms with Gasteiger partial charge < -0.3 is 34.7 Å². The van der Waals surface area contributed by atoms with Crippen molar-refractivity contribution < 1.29 is 28.8 Å². The Kier molecular flexibility index (Phi) is 9.41. The second-order valence-corrected chi connectivity index (χ2v) is 10.4. The Morgan fingerprint density at radius 2 is 1.66 bits per heavy atom. The molecule has 1 saturated heterocycles. The molecule has 2 aliphatic rings. The molecule has 0 aliphatic carbocycles. The molecule has 2 heterocycles. The third kappa shape index (κ3) is 7.00. The van der Waals surface area contributed by atoms with E-state index in [1.165, 1.54) is 11.1 Å². The van der Waals surface area contributed by atoms with Crippen LogP contribution in [0.3, 0.4) is 0 Å². The van der Waals surface area contributed by atoms with Crippen LogP contribution in [-0.4, -0.2) is 56.0 Å². The van der Waals surface area contributed by atoms with Crippen LogP contribution >= 0.6 is 0 Å². The molecular formula is C32H39N3O6. The van der Waals surface area contributed by atoms with Crippen LogP contribution in [0.2, 0.25) is 0 Å². The van der Waals surface area contributed by atoms with Crippen molar-refractivity contribution >= 4 is 11.7 Å². The number of methoxy groups -OCH3 is 2. The molecule has 0 aromatic heterocycles. The number of benzene rings is 3. The van der Waals surface area contributed by atoms with Crippen molar-refractivity contribution in [2.45, 2.75) is 51.4 Å². The third-order valence-corrected chi connectivity index (χ3v) is 7.65. The van der Waals surface area contributed by atoms with Crippen LogP contribution < -0.4 is 20.1 Å². The Labute approximate surface area is 241 Å². The number of carbonyl (C=O) groups is 1. The molecule has 9 nitrogen and oxygen atoms in total. The van der Waals surface area contributed by atoms with E-state index in [1.807, 2.05) is 55.5 Å². The van der Waals surface area contributed by atoms with Gasteiger partial charge in [-0.3, -0.25) is 4.90 Å². The number of nitrogens with one attached hydrogen (secondary N) is 2. The molecule has 0 bridgehead atoms. The monoisotopic (exact) mass is 561 g/mol. The highest BCUT2D eigenvalue weighted by molar-refractivity contribution is 5.89. The average Bonchev–Trinajstić information content (AvgIpc) is 3.00. The molecular weight excluding hydrogens is 522 g/mol. The molecule has 5 rings (SSSR count). The van der Waals surface area contributed by atoms with Gasteiger partial charge in [-0.1, -0.05) is 36.4 Å². The van der Waals surface area contributed by atoms with E-state index in [1.54, 1.807) is 14.2 Å². The maximum Gasteiger partial charge on any atom is 0.319 e. The van der Waals surface area contributed by atoms with Gasteiger partial charge in [0.2, 0.25) is 0 Å². The van der Waals surface area contributed by atoms with Gasteiger partial charge in [0, 0.05) is 43.9 Å². The lowest BCUT2D eigenvalue weighted by molar-refractivity contribution is -0.253. The Balaban J connectivity index is 1.33. The minimum absolute atomic E-state index is 0.00389. The van der Waals surface area contributed by atoms with Crippen LogP contribution in [0.1, 0.15) is 53.6 Å². The quantitative estimate of drug-likeness (QED) is 0.340. The van der Waals surface area contributed by atoms with Gasteiger partial charge in [0.05, 0.1) is 33.0 Å². The van der Waals surface area contributed by atoms with Gasteiger partial charge in [-0.25, -0.2) is 4.79 Å². The fourth-order valence-electron chi connectivity index (χ4n) is 5.48. The molecule has 2 aliphatic heterocycles. The molecule has 3 atom stereocenters. The first-order chi connectivity index (χ1) is 20.0. The van der Waals surface area contributed by atoms with Crippen LogP contribution in [0.25, 0.3) is 0 Å². The molecule has 9 heteroatoms. The smallest absolute Gasteiger partial charge is 0.319 e. The summed E-state index contributed by atoms with van der Waals surface area (Å²) in [6.07, 6.45) is 0.846. The van der Waals surface area contributed by atoms with Crippen LogP contribution in [0.4, 0.5) is 10.5 Å². The van der Waals surface area contributed by atoms with Crippen molar-refractivity contribution in [1.82, 2.24) is 10.2 Å². The number of amides is 2. The van der Waals surface area contributed by atoms with Gasteiger partial charge in [-0.15, -0.1) is 0 Å². The average molecular weight is 562 g/mol. The van der Waals surface area contributed by atoms with E-state index in [9.17, 15) is 9.90 Å². The second-order valence-electron chi connectivity index (χ2n) is 10.4. The van der Waals surface area contributed by atoms with E-state index in [4.69, 9.17) is 18.9 Å². The van der Waals surface area contributed by atoms with Gasteiger partial charge >= 0.3 is 6.03 Å². The van der Waals surface area contributed by atoms with Crippen molar-refractivity contribution in [3.8, 4) is 11.5 Å². The van der Waals surface area contributed by atoms with Gasteiger partial charge in [0.1, 0.15) is 0 Å². The zero-order valence-corrected chi connectivity index (χ0v) is 23.9. The minimum Gasteiger partial charge on any atom is -0.493 e. The molecule has 0 spiro atoms. The topological polar surface area (TPSA) is 102 Å². The Bertz CT molecular complexity index is 1310. The van der Waals surface area contributed by atoms with Crippen LogP contribution in [0, 0.1) is 0 Å². The zero-order chi connectivity index (χ0) is 28.8. The number of nitrogens with zero attached hydrogens (tertiary/aromatic N) is 1. The van der Waals surface area contributed by atoms with E-state index < -0.39 is 6.29 Å². The lowest BCUT2D eigenvalue weighted by Crippen LogP contribution is -2.41. The summed E-state index contributed by atoms with van der Waals surface area (Å²) >= 11 is 0. The minimum atomic E-state index is -0.559. The summed E-state index contributed by atoms with van der Waals surface area (Å²) in [5.74, 6) is 1.50. The summed E-state index contributed by atoms with van der Waals surface area (Å²) in [5, 5.41) is 15.1. The summed E-state index contributed by atoms with van der Waals surface area (Å²) in [5.41, 5.74) is 6.02. The normalized spacial score (nSPS) is 20.6. The summed E-state index contributed by atoms with van der Waals surface area (Å²) in [4.78, 5) is 14.3. The predicted octanol–water partition coefficient (Wildman–Crippen LogP) is 4.94. The molecule has 2 amide bonds. The molecule has 0 saturated carbocycles. The van der Waals surface area contributed by atoms with Crippen molar-refractivity contribution in [2.75, 3.05) is 39.2 Å². The highest BCUT2D eigenvalue weighted by atomic mass is 16.7. The number of fused-ring (bicyclic) bond motifs is 1. The maximum absolute atomic E-state index is 11.9. The summed E-state index contributed by atoms with van der Waals surface area (Å²) in [6.45, 7) is 4.92. The number of anilines is 1. The van der Waals surface area contributed by atoms with E-state index in [0.717, 1.165) is 54.2 Å². The molecule has 3 unspecified atom stereocenters. The Morgan fingerprint density at radius 3 is 2.32 bits per heavy atom. The summed E-state index contributed by atoms with van der Waals surface area (Å²) in [7, 11) is 3.33. The molecule has 1 fully saturated rings. The zero-order valence-electron chi connectivity index (χ0n) is 23.9. The fraction of sp³-hybridized carbons (Fsp3) is 0.406. The number of rotatable bonds is 9. The predicted molar refractivity (Wildman–Crippen MR) is 156 cm³/mol. The van der Waals surface area contributed by atoms with Gasteiger partial charge in [-0.05, 0) is 59.9 Å². The number of urea groups is 1. The lowest BCUT2D eigenvalue weighted by atomic mass is 9.97. The van der Waals surface area contributed by atoms with Crippen LogP contribution in [0.5, 0.6) is 11.5 Å². The Morgan fingerprint density at radius 1 is 0.976 bits per heavy atom. The Hall–Kier alpha value is -3.63. The van der Waals surface area contributed by atoms with E-state index in [0.29, 0.717) is 18.7 Å². The van der Waals surface area contributed by atoms with Crippen LogP contribution in [-0.2, 0) is 29.0 Å². The van der Waals surface area contributed by atoms with Crippen LogP contribution in [0.15, 0.2) is 60.7 Å². The fourth-order valence-corrected chi connectivity index (χ4v) is 5.48. The molecule has 3 aromatic carbocycles. The highest BCUT2D eigenvalue weighted by Gasteiger charge is 2.34. The number of ether oxygens (including phenoxy) is 4. The van der Waals surface area contributed by atoms with Crippen molar-refractivity contribution in [2.24, 2.45) is 0 Å². The van der Waals surface area contributed by atoms with Crippen molar-refractivity contribution in [3.63, 3.8) is 0 Å². The number of hydrogen-bond donors (Lipinski definition) is 3. The second kappa shape index (κ2) is 13.4. The van der Waals surface area contributed by atoms with Gasteiger partial charge in [-0.2, -0.15) is 0 Å². The first-order valence-corrected chi connectivity index (χ1v) is 14.1. The molecule has 3 aromatic rings. The van der Waals surface area contributed by atoms with E-state index in [-0.39, 0.29) is 24.8 Å². The maximum atomic E-state index is 11.9. The van der Waals surface area contributed by atoms with Crippen molar-refractivity contribution in [3.05, 3.63) is 88.5 Å². The largest absolute Gasteiger partial charge is 0.493 e. The molecule has 218 valence electrons. The SMILES string of the molecule is CCNC(=O)Nc1ccc(C2OC(CN3CCc4cc(OC)c(OC)cc4C3)CC(c3ccc(CO)cc3)O2)cc1. The number of carbonyl (C=O) groups excluding carboxylic acids is 1. The summed E-state index contributed by atoms with van der Waals surface area (Å²) in [6, 6.07) is 19.4. The van der Waals surface area contributed by atoms with Gasteiger partial charge in [0.25, 0.3) is 0 Å². The summed E-state index contributed by atoms with van der Waals surface area (Å²) < 4.78 is 24.1. The van der Waals surface area contributed by atoms with E-state index in [2.05, 4.69) is 27.7 Å². The lowest BCUT2D eigenvalue weighted by Gasteiger charge is -2.39. The number of hydrogen-bond acceptors (Lipinski definition) is 7. The third-order valence-electron chi connectivity index (χ3n) is 7.65. The molecule has 41 heavy (non-hydrogen) atoms. The molecule has 3 N–H and O–H groups in total. The standard InChI is InChI=1S/C32H39N3O6/c1-4-33-32(37)34-26-11-9-23(10-12-26)31-40-27(17-28(41-31)22-7-5-21(20-36)6-8-22)19-35-14-13-24-15-29(38-2)30(39-3)16-25(24)18-35/h5-12,15-16,27-28,31,36H,4,13-14,17-20H2,1-3H3,(H2,33,34,37). The van der Waals surface area contributed by atoms with Gasteiger partial charge in [0.15, 0.2) is 17.8 Å². The first-order valence-electron chi connectivity index (χ1n) is 14.1. The highest BCUT2D eigenvalue weighted by Crippen LogP contribution is 2.39. The number of aliphatic hydroxyl groups is 1.